The first-order valence-corrected chi connectivity index (χ1v) is 8.63. The molecule has 1 heterocycles. The van der Waals surface area contributed by atoms with Crippen LogP contribution in [0.4, 0.5) is 5.69 Å². The third kappa shape index (κ3) is 4.39. The minimum absolute atomic E-state index is 0.145. The second kappa shape index (κ2) is 7.85. The topological polar surface area (TPSA) is 50.7 Å². The first kappa shape index (κ1) is 17.0. The lowest BCUT2D eigenvalue weighted by Crippen LogP contribution is -2.19. The number of hydrogen-bond donors (Lipinski definition) is 1. The number of carbonyl (C=O) groups excluding carboxylic acids is 1. The summed E-state index contributed by atoms with van der Waals surface area (Å²) in [6, 6.07) is 15.7. The van der Waals surface area contributed by atoms with Gasteiger partial charge in [-0.15, -0.1) is 0 Å². The molecule has 0 bridgehead atoms. The van der Waals surface area contributed by atoms with Gasteiger partial charge in [0.15, 0.2) is 5.17 Å². The average Bonchev–Trinajstić information content (AvgIpc) is 2.95. The van der Waals surface area contributed by atoms with E-state index in [-0.39, 0.29) is 5.91 Å². The fraction of sp³-hybridized carbons (Fsp3) is 0.100. The maximum absolute atomic E-state index is 12.1. The van der Waals surface area contributed by atoms with Crippen molar-refractivity contribution in [3.63, 3.8) is 0 Å². The van der Waals surface area contributed by atoms with Crippen molar-refractivity contribution < 1.29 is 9.53 Å². The van der Waals surface area contributed by atoms with Crippen LogP contribution < -0.4 is 10.1 Å². The number of thioether (sulfide) groups is 1. The summed E-state index contributed by atoms with van der Waals surface area (Å²) < 4.78 is 5.32. The van der Waals surface area contributed by atoms with E-state index in [0.29, 0.717) is 21.5 Å². The van der Waals surface area contributed by atoms with E-state index < -0.39 is 0 Å². The molecule has 1 saturated heterocycles. The van der Waals surface area contributed by atoms with E-state index in [1.807, 2.05) is 67.6 Å². The number of amidine groups is 1. The molecule has 0 unspecified atom stereocenters. The van der Waals surface area contributed by atoms with Crippen LogP contribution in [0.2, 0.25) is 0 Å². The van der Waals surface area contributed by atoms with Gasteiger partial charge in [0.05, 0.1) is 12.0 Å². The van der Waals surface area contributed by atoms with Crippen LogP contribution in [-0.2, 0) is 4.79 Å². The van der Waals surface area contributed by atoms with Gasteiger partial charge in [-0.25, -0.2) is 4.99 Å². The smallest absolute Gasteiger partial charge is 0.264 e. The van der Waals surface area contributed by atoms with Crippen LogP contribution in [0, 0.1) is 6.92 Å². The summed E-state index contributed by atoms with van der Waals surface area (Å²) in [6.45, 7) is 1.99. The van der Waals surface area contributed by atoms with Gasteiger partial charge in [-0.05, 0) is 48.0 Å². The van der Waals surface area contributed by atoms with Crippen molar-refractivity contribution in [1.29, 1.82) is 0 Å². The molecule has 1 N–H and O–H groups in total. The van der Waals surface area contributed by atoms with Crippen molar-refractivity contribution in [1.82, 2.24) is 5.32 Å². The number of nitrogens with one attached hydrogen (secondary N) is 1. The number of allylic oxidation sites excluding steroid dienone is 2. The van der Waals surface area contributed by atoms with E-state index in [2.05, 4.69) is 10.3 Å². The summed E-state index contributed by atoms with van der Waals surface area (Å²) in [5, 5.41) is 3.34. The molecule has 0 atom stereocenters. The molecule has 5 heteroatoms. The van der Waals surface area contributed by atoms with Crippen molar-refractivity contribution in [2.24, 2.45) is 4.99 Å². The summed E-state index contributed by atoms with van der Waals surface area (Å²) in [5.41, 5.74) is 2.86. The van der Waals surface area contributed by atoms with Gasteiger partial charge in [0, 0.05) is 0 Å². The summed E-state index contributed by atoms with van der Waals surface area (Å²) >= 11 is 1.32. The third-order valence-electron chi connectivity index (χ3n) is 3.54. The number of amides is 1. The van der Waals surface area contributed by atoms with Crippen molar-refractivity contribution in [3.05, 3.63) is 76.7 Å². The zero-order valence-corrected chi connectivity index (χ0v) is 14.8. The Bertz CT molecular complexity index is 871. The van der Waals surface area contributed by atoms with Gasteiger partial charge in [-0.3, -0.25) is 4.79 Å². The molecule has 25 heavy (non-hydrogen) atoms. The molecule has 3 rings (SSSR count). The predicted molar refractivity (Wildman–Crippen MR) is 104 cm³/mol. The summed E-state index contributed by atoms with van der Waals surface area (Å²) in [7, 11) is 1.61. The molecule has 0 aromatic heterocycles. The molecular formula is C20H18N2O2S. The fourth-order valence-corrected chi connectivity index (χ4v) is 3.09. The van der Waals surface area contributed by atoms with Gasteiger partial charge in [0.1, 0.15) is 11.4 Å². The van der Waals surface area contributed by atoms with Gasteiger partial charge < -0.3 is 10.1 Å². The third-order valence-corrected chi connectivity index (χ3v) is 4.47. The van der Waals surface area contributed by atoms with Gasteiger partial charge in [-0.1, -0.05) is 48.6 Å². The fourth-order valence-electron chi connectivity index (χ4n) is 2.30. The van der Waals surface area contributed by atoms with E-state index in [4.69, 9.17) is 4.74 Å². The Balaban J connectivity index is 1.77. The summed E-state index contributed by atoms with van der Waals surface area (Å²) in [4.78, 5) is 17.2. The van der Waals surface area contributed by atoms with Gasteiger partial charge in [0.2, 0.25) is 0 Å². The number of nitrogens with zero attached hydrogens (tertiary/aromatic N) is 1. The van der Waals surface area contributed by atoms with E-state index in [0.717, 1.165) is 11.1 Å². The van der Waals surface area contributed by atoms with Crippen LogP contribution in [0.25, 0.3) is 6.08 Å². The van der Waals surface area contributed by atoms with Crippen LogP contribution in [0.5, 0.6) is 5.75 Å². The minimum atomic E-state index is -0.145. The Kier molecular flexibility index (Phi) is 5.36. The van der Waals surface area contributed by atoms with Gasteiger partial charge in [0.25, 0.3) is 5.91 Å². The standard InChI is InChI=1S/C20H18N2O2S/c1-14-11-12-17(24-2)16(13-14)21-20-22-19(23)18(25-20)10-6-9-15-7-4-3-5-8-15/h3-13H,1-2H3,(H,21,22,23)/b9-6+,18-10-. The number of carbonyl (C=O) groups is 1. The Labute approximate surface area is 151 Å². The first-order valence-electron chi connectivity index (χ1n) is 7.81. The SMILES string of the molecule is COc1ccc(C)cc1N=C1NC(=O)/C(=C/C=C/c2ccccc2)S1. The summed E-state index contributed by atoms with van der Waals surface area (Å²) in [6.07, 6.45) is 5.62. The highest BCUT2D eigenvalue weighted by Crippen LogP contribution is 2.32. The van der Waals surface area contributed by atoms with Crippen LogP contribution in [0.15, 0.2) is 70.6 Å². The monoisotopic (exact) mass is 350 g/mol. The number of methoxy groups -OCH3 is 1. The quantitative estimate of drug-likeness (QED) is 0.829. The molecule has 2 aromatic rings. The second-order valence-corrected chi connectivity index (χ2v) is 6.48. The normalized spacial score (nSPS) is 17.4. The average molecular weight is 350 g/mol. The predicted octanol–water partition coefficient (Wildman–Crippen LogP) is 4.45. The number of aryl methyl sites for hydroxylation is 1. The molecular weight excluding hydrogens is 332 g/mol. The molecule has 4 nitrogen and oxygen atoms in total. The molecule has 2 aromatic carbocycles. The number of benzene rings is 2. The molecule has 1 amide bonds. The Morgan fingerprint density at radius 2 is 1.96 bits per heavy atom. The number of aliphatic imine (C=N–C) groups is 1. The lowest BCUT2D eigenvalue weighted by Gasteiger charge is -2.05. The maximum atomic E-state index is 12.1. The summed E-state index contributed by atoms with van der Waals surface area (Å²) in [5.74, 6) is 0.530. The van der Waals surface area contributed by atoms with Gasteiger partial charge in [-0.2, -0.15) is 0 Å². The van der Waals surface area contributed by atoms with Crippen LogP contribution in [-0.4, -0.2) is 18.2 Å². The zero-order valence-electron chi connectivity index (χ0n) is 14.0. The van der Waals surface area contributed by atoms with Crippen molar-refractivity contribution in [2.75, 3.05) is 7.11 Å². The first-order chi connectivity index (χ1) is 12.2. The highest BCUT2D eigenvalue weighted by molar-refractivity contribution is 8.18. The molecule has 0 saturated carbocycles. The molecule has 126 valence electrons. The van der Waals surface area contributed by atoms with Crippen LogP contribution in [0.3, 0.4) is 0 Å². The molecule has 0 radical (unpaired) electrons. The van der Waals surface area contributed by atoms with E-state index in [9.17, 15) is 4.79 Å². The molecule has 1 aliphatic rings. The van der Waals surface area contributed by atoms with E-state index in [1.165, 1.54) is 11.8 Å². The van der Waals surface area contributed by atoms with Crippen molar-refractivity contribution in [2.45, 2.75) is 6.92 Å². The second-order valence-electron chi connectivity index (χ2n) is 5.45. The van der Waals surface area contributed by atoms with Crippen molar-refractivity contribution >= 4 is 34.6 Å². The largest absolute Gasteiger partial charge is 0.494 e. The lowest BCUT2D eigenvalue weighted by atomic mass is 10.2. The Morgan fingerprint density at radius 3 is 2.72 bits per heavy atom. The number of ether oxygens (including phenoxy) is 1. The van der Waals surface area contributed by atoms with Gasteiger partial charge >= 0.3 is 0 Å². The minimum Gasteiger partial charge on any atom is -0.494 e. The van der Waals surface area contributed by atoms with E-state index >= 15 is 0 Å². The maximum Gasteiger partial charge on any atom is 0.264 e. The molecule has 1 fully saturated rings. The highest BCUT2D eigenvalue weighted by atomic mass is 32.2. The highest BCUT2D eigenvalue weighted by Gasteiger charge is 2.23. The zero-order chi connectivity index (χ0) is 17.6. The van der Waals surface area contributed by atoms with Crippen molar-refractivity contribution in [3.8, 4) is 5.75 Å². The lowest BCUT2D eigenvalue weighted by molar-refractivity contribution is -0.115. The van der Waals surface area contributed by atoms with E-state index in [1.54, 1.807) is 13.2 Å². The molecule has 0 spiro atoms. The number of rotatable bonds is 4. The van der Waals surface area contributed by atoms with Crippen LogP contribution >= 0.6 is 11.8 Å². The molecule has 1 aliphatic heterocycles. The Hall–Kier alpha value is -2.79. The van der Waals surface area contributed by atoms with Crippen LogP contribution in [0.1, 0.15) is 11.1 Å². The number of hydrogen-bond acceptors (Lipinski definition) is 4. The molecule has 0 aliphatic carbocycles. The Morgan fingerprint density at radius 1 is 1.16 bits per heavy atom.